The zero-order chi connectivity index (χ0) is 11.7. The van der Waals surface area contributed by atoms with Gasteiger partial charge in [0.25, 0.3) is 0 Å². The van der Waals surface area contributed by atoms with Crippen molar-refractivity contribution in [2.45, 2.75) is 19.6 Å². The molecule has 0 aliphatic carbocycles. The maximum atomic E-state index is 5.59. The zero-order valence-electron chi connectivity index (χ0n) is 9.58. The molecule has 2 aromatic rings. The molecule has 3 rings (SSSR count). The first-order valence-electron chi connectivity index (χ1n) is 5.77. The summed E-state index contributed by atoms with van der Waals surface area (Å²) in [6.07, 6.45) is 1.80. The fourth-order valence-corrected chi connectivity index (χ4v) is 2.13. The summed E-state index contributed by atoms with van der Waals surface area (Å²) in [7, 11) is 0. The van der Waals surface area contributed by atoms with Crippen LogP contribution in [0.15, 0.2) is 30.6 Å². The lowest BCUT2D eigenvalue weighted by Crippen LogP contribution is -2.33. The number of benzene rings is 1. The third-order valence-electron chi connectivity index (χ3n) is 3.18. The number of nitrogens with zero attached hydrogens (tertiary/aromatic N) is 4. The molecule has 5 heteroatoms. The Morgan fingerprint density at radius 3 is 2.76 bits per heavy atom. The highest BCUT2D eigenvalue weighted by Crippen LogP contribution is 2.20. The zero-order valence-corrected chi connectivity index (χ0v) is 9.58. The molecule has 88 valence electrons. The molecular weight excluding hydrogens is 214 g/mol. The fourth-order valence-electron chi connectivity index (χ4n) is 2.13. The van der Waals surface area contributed by atoms with Gasteiger partial charge < -0.3 is 15.2 Å². The van der Waals surface area contributed by atoms with E-state index in [1.54, 1.807) is 6.33 Å². The van der Waals surface area contributed by atoms with Gasteiger partial charge in [0, 0.05) is 25.3 Å². The Kier molecular flexibility index (Phi) is 2.53. The van der Waals surface area contributed by atoms with Crippen LogP contribution < -0.4 is 10.6 Å². The molecular formula is C12H15N5. The van der Waals surface area contributed by atoms with E-state index < -0.39 is 0 Å². The van der Waals surface area contributed by atoms with Crippen LogP contribution in [-0.4, -0.2) is 21.3 Å². The summed E-state index contributed by atoms with van der Waals surface area (Å²) >= 11 is 0. The van der Waals surface area contributed by atoms with E-state index in [2.05, 4.69) is 43.9 Å². The number of hydrogen-bond acceptors (Lipinski definition) is 4. The lowest BCUT2D eigenvalue weighted by molar-refractivity contribution is 0.560. The Labute approximate surface area is 99.9 Å². The van der Waals surface area contributed by atoms with Crippen molar-refractivity contribution < 1.29 is 0 Å². The monoisotopic (exact) mass is 229 g/mol. The molecule has 17 heavy (non-hydrogen) atoms. The van der Waals surface area contributed by atoms with Crippen molar-refractivity contribution in [2.75, 3.05) is 11.4 Å². The van der Waals surface area contributed by atoms with Gasteiger partial charge in [0.1, 0.15) is 6.33 Å². The molecule has 2 heterocycles. The first-order chi connectivity index (χ1) is 8.36. The van der Waals surface area contributed by atoms with Crippen molar-refractivity contribution in [3.8, 4) is 0 Å². The molecule has 1 aliphatic rings. The maximum Gasteiger partial charge on any atom is 0.152 e. The van der Waals surface area contributed by atoms with Gasteiger partial charge in [-0.05, 0) is 17.7 Å². The van der Waals surface area contributed by atoms with Crippen molar-refractivity contribution in [3.63, 3.8) is 0 Å². The quantitative estimate of drug-likeness (QED) is 0.825. The van der Waals surface area contributed by atoms with E-state index in [1.165, 1.54) is 5.69 Å². The summed E-state index contributed by atoms with van der Waals surface area (Å²) in [5, 5.41) is 8.05. The smallest absolute Gasteiger partial charge is 0.152 e. The van der Waals surface area contributed by atoms with Crippen LogP contribution in [0.5, 0.6) is 0 Å². The van der Waals surface area contributed by atoms with Crippen LogP contribution in [0.25, 0.3) is 0 Å². The van der Waals surface area contributed by atoms with Gasteiger partial charge in [-0.3, -0.25) is 0 Å². The van der Waals surface area contributed by atoms with E-state index in [-0.39, 0.29) is 0 Å². The van der Waals surface area contributed by atoms with Crippen LogP contribution in [-0.2, 0) is 19.6 Å². The fraction of sp³-hybridized carbons (Fsp3) is 0.333. The third kappa shape index (κ3) is 1.89. The Balaban J connectivity index is 1.81. The molecule has 0 amide bonds. The second kappa shape index (κ2) is 4.18. The normalized spacial score (nSPS) is 14.8. The number of fused-ring (bicyclic) bond motifs is 1. The predicted molar refractivity (Wildman–Crippen MR) is 65.4 cm³/mol. The van der Waals surface area contributed by atoms with Gasteiger partial charge in [-0.2, -0.15) is 0 Å². The molecule has 1 aliphatic heterocycles. The Morgan fingerprint density at radius 2 is 2.00 bits per heavy atom. The lowest BCUT2D eigenvalue weighted by atomic mass is 10.2. The van der Waals surface area contributed by atoms with Gasteiger partial charge in [-0.25, -0.2) is 0 Å². The molecule has 1 aromatic carbocycles. The molecule has 0 fully saturated rings. The number of anilines is 1. The summed E-state index contributed by atoms with van der Waals surface area (Å²) in [6.45, 7) is 3.35. The standard InChI is InChI=1S/C12H15N5/c13-7-10-1-3-11(4-2-10)16-5-6-17-9-14-15-12(17)8-16/h1-4,9H,5-8,13H2. The Bertz CT molecular complexity index is 502. The van der Waals surface area contributed by atoms with Crippen LogP contribution in [0.4, 0.5) is 5.69 Å². The highest BCUT2D eigenvalue weighted by molar-refractivity contribution is 5.48. The second-order valence-electron chi connectivity index (χ2n) is 4.23. The Morgan fingerprint density at radius 1 is 1.18 bits per heavy atom. The summed E-state index contributed by atoms with van der Waals surface area (Å²) in [6, 6.07) is 8.39. The van der Waals surface area contributed by atoms with Crippen molar-refractivity contribution in [1.82, 2.24) is 14.8 Å². The number of nitrogens with two attached hydrogens (primary N) is 1. The van der Waals surface area contributed by atoms with E-state index in [1.807, 2.05) is 0 Å². The topological polar surface area (TPSA) is 60.0 Å². The SMILES string of the molecule is NCc1ccc(N2CCn3cnnc3C2)cc1. The number of aromatic nitrogens is 3. The van der Waals surface area contributed by atoms with Gasteiger partial charge in [0.2, 0.25) is 0 Å². The van der Waals surface area contributed by atoms with Gasteiger partial charge in [0.05, 0.1) is 6.54 Å². The van der Waals surface area contributed by atoms with Crippen LogP contribution in [0.2, 0.25) is 0 Å². The highest BCUT2D eigenvalue weighted by atomic mass is 15.3. The van der Waals surface area contributed by atoms with Crippen molar-refractivity contribution in [2.24, 2.45) is 5.73 Å². The number of rotatable bonds is 2. The lowest BCUT2D eigenvalue weighted by Gasteiger charge is -2.29. The summed E-state index contributed by atoms with van der Waals surface area (Å²) in [5.74, 6) is 1.03. The number of hydrogen-bond donors (Lipinski definition) is 1. The molecule has 0 radical (unpaired) electrons. The predicted octanol–water partition coefficient (Wildman–Crippen LogP) is 0.757. The average molecular weight is 229 g/mol. The molecule has 1 aromatic heterocycles. The molecule has 5 nitrogen and oxygen atoms in total. The van der Waals surface area contributed by atoms with E-state index >= 15 is 0 Å². The molecule has 0 bridgehead atoms. The van der Waals surface area contributed by atoms with E-state index in [9.17, 15) is 0 Å². The minimum Gasteiger partial charge on any atom is -0.362 e. The minimum atomic E-state index is 0.592. The molecule has 0 spiro atoms. The molecule has 0 atom stereocenters. The van der Waals surface area contributed by atoms with Crippen LogP contribution in [0, 0.1) is 0 Å². The van der Waals surface area contributed by atoms with Gasteiger partial charge >= 0.3 is 0 Å². The first-order valence-corrected chi connectivity index (χ1v) is 5.77. The molecule has 0 saturated heterocycles. The molecule has 0 saturated carbocycles. The van der Waals surface area contributed by atoms with Crippen molar-refractivity contribution in [3.05, 3.63) is 42.0 Å². The summed E-state index contributed by atoms with van der Waals surface area (Å²) in [4.78, 5) is 2.31. The van der Waals surface area contributed by atoms with E-state index in [0.717, 1.165) is 31.0 Å². The van der Waals surface area contributed by atoms with E-state index in [0.29, 0.717) is 6.54 Å². The first kappa shape index (κ1) is 10.3. The third-order valence-corrected chi connectivity index (χ3v) is 3.18. The summed E-state index contributed by atoms with van der Waals surface area (Å²) < 4.78 is 2.10. The average Bonchev–Trinajstić information content (AvgIpc) is 2.86. The van der Waals surface area contributed by atoms with Crippen LogP contribution >= 0.6 is 0 Å². The maximum absolute atomic E-state index is 5.59. The molecule has 2 N–H and O–H groups in total. The second-order valence-corrected chi connectivity index (χ2v) is 4.23. The Hall–Kier alpha value is -1.88. The van der Waals surface area contributed by atoms with Crippen LogP contribution in [0.1, 0.15) is 11.4 Å². The summed E-state index contributed by atoms with van der Waals surface area (Å²) in [5.41, 5.74) is 7.97. The van der Waals surface area contributed by atoms with Crippen molar-refractivity contribution >= 4 is 5.69 Å². The van der Waals surface area contributed by atoms with E-state index in [4.69, 9.17) is 5.73 Å². The minimum absolute atomic E-state index is 0.592. The largest absolute Gasteiger partial charge is 0.362 e. The van der Waals surface area contributed by atoms with Crippen LogP contribution in [0.3, 0.4) is 0 Å². The highest BCUT2D eigenvalue weighted by Gasteiger charge is 2.17. The molecule has 0 unspecified atom stereocenters. The van der Waals surface area contributed by atoms with Gasteiger partial charge in [0.15, 0.2) is 5.82 Å². The van der Waals surface area contributed by atoms with Gasteiger partial charge in [-0.15, -0.1) is 10.2 Å². The van der Waals surface area contributed by atoms with Gasteiger partial charge in [-0.1, -0.05) is 12.1 Å². The van der Waals surface area contributed by atoms with Crippen molar-refractivity contribution in [1.29, 1.82) is 0 Å².